The maximum atomic E-state index is 5.92. The number of unbranched alkanes of at least 4 members (excludes halogenated alkanes) is 2. The molecule has 0 fully saturated rings. The van der Waals surface area contributed by atoms with E-state index in [1.807, 2.05) is 18.2 Å². The SMILES string of the molecule is CCCCCNc1nc2cc(Cl)ccc2s1. The van der Waals surface area contributed by atoms with Crippen molar-refractivity contribution in [3.05, 3.63) is 23.2 Å². The van der Waals surface area contributed by atoms with Gasteiger partial charge in [0.05, 0.1) is 10.2 Å². The van der Waals surface area contributed by atoms with Crippen molar-refractivity contribution in [3.8, 4) is 0 Å². The van der Waals surface area contributed by atoms with E-state index in [2.05, 4.69) is 17.2 Å². The van der Waals surface area contributed by atoms with E-state index in [1.54, 1.807) is 11.3 Å². The molecular weight excluding hydrogens is 240 g/mol. The fraction of sp³-hybridized carbons (Fsp3) is 0.417. The number of anilines is 1. The van der Waals surface area contributed by atoms with E-state index in [0.29, 0.717) is 0 Å². The van der Waals surface area contributed by atoms with E-state index >= 15 is 0 Å². The Bertz CT molecular complexity index is 467. The van der Waals surface area contributed by atoms with Gasteiger partial charge in [0.1, 0.15) is 0 Å². The van der Waals surface area contributed by atoms with Crippen LogP contribution in [0, 0.1) is 0 Å². The maximum absolute atomic E-state index is 5.92. The number of halogens is 1. The molecule has 0 radical (unpaired) electrons. The van der Waals surface area contributed by atoms with Gasteiger partial charge < -0.3 is 5.32 Å². The molecule has 16 heavy (non-hydrogen) atoms. The minimum Gasteiger partial charge on any atom is -0.361 e. The van der Waals surface area contributed by atoms with Crippen LogP contribution in [0.15, 0.2) is 18.2 Å². The molecule has 0 saturated heterocycles. The Hall–Kier alpha value is -0.800. The lowest BCUT2D eigenvalue weighted by atomic mass is 10.2. The summed E-state index contributed by atoms with van der Waals surface area (Å²) in [5.41, 5.74) is 0.982. The quantitative estimate of drug-likeness (QED) is 0.792. The largest absolute Gasteiger partial charge is 0.361 e. The Balaban J connectivity index is 2.02. The summed E-state index contributed by atoms with van der Waals surface area (Å²) in [5.74, 6) is 0. The van der Waals surface area contributed by atoms with Crippen LogP contribution in [0.2, 0.25) is 5.02 Å². The fourth-order valence-corrected chi connectivity index (χ4v) is 2.58. The van der Waals surface area contributed by atoms with Gasteiger partial charge in [0.2, 0.25) is 0 Å². The van der Waals surface area contributed by atoms with Crippen molar-refractivity contribution in [1.82, 2.24) is 4.98 Å². The van der Waals surface area contributed by atoms with Gasteiger partial charge in [0, 0.05) is 11.6 Å². The smallest absolute Gasteiger partial charge is 0.183 e. The second kappa shape index (κ2) is 5.51. The van der Waals surface area contributed by atoms with Gasteiger partial charge in [0.15, 0.2) is 5.13 Å². The minimum atomic E-state index is 0.746. The number of benzene rings is 1. The topological polar surface area (TPSA) is 24.9 Å². The first-order valence-electron chi connectivity index (χ1n) is 5.59. The lowest BCUT2D eigenvalue weighted by molar-refractivity contribution is 0.743. The Morgan fingerprint density at radius 3 is 3.06 bits per heavy atom. The predicted molar refractivity (Wildman–Crippen MR) is 72.6 cm³/mol. The highest BCUT2D eigenvalue weighted by atomic mass is 35.5. The van der Waals surface area contributed by atoms with Gasteiger partial charge in [0.25, 0.3) is 0 Å². The molecule has 0 saturated carbocycles. The molecule has 0 spiro atoms. The van der Waals surface area contributed by atoms with Crippen LogP contribution in [0.1, 0.15) is 26.2 Å². The molecule has 1 aromatic carbocycles. The third kappa shape index (κ3) is 2.86. The summed E-state index contributed by atoms with van der Waals surface area (Å²) < 4.78 is 1.18. The van der Waals surface area contributed by atoms with Gasteiger partial charge in [-0.1, -0.05) is 42.7 Å². The van der Waals surface area contributed by atoms with Crippen molar-refractivity contribution < 1.29 is 0 Å². The van der Waals surface area contributed by atoms with Crippen LogP contribution < -0.4 is 5.32 Å². The molecule has 4 heteroatoms. The van der Waals surface area contributed by atoms with Crippen LogP contribution in [0.25, 0.3) is 10.2 Å². The fourth-order valence-electron chi connectivity index (χ4n) is 1.55. The van der Waals surface area contributed by atoms with E-state index in [-0.39, 0.29) is 0 Å². The predicted octanol–water partition coefficient (Wildman–Crippen LogP) is 4.55. The van der Waals surface area contributed by atoms with Crippen molar-refractivity contribution in [2.45, 2.75) is 26.2 Å². The standard InChI is InChI=1S/C12H15ClN2S/c1-2-3-4-7-14-12-15-10-8-9(13)5-6-11(10)16-12/h5-6,8H,2-4,7H2,1H3,(H,14,15). The highest BCUT2D eigenvalue weighted by Gasteiger charge is 2.03. The summed E-state index contributed by atoms with van der Waals surface area (Å²) in [6.45, 7) is 3.21. The van der Waals surface area contributed by atoms with Crippen LogP contribution in [0.4, 0.5) is 5.13 Å². The molecule has 0 aliphatic rings. The third-order valence-corrected chi connectivity index (χ3v) is 3.64. The number of nitrogens with zero attached hydrogens (tertiary/aromatic N) is 1. The molecule has 2 aromatic rings. The summed E-state index contributed by atoms with van der Waals surface area (Å²) in [6, 6.07) is 5.83. The van der Waals surface area contributed by atoms with Crippen LogP contribution in [0.5, 0.6) is 0 Å². The van der Waals surface area contributed by atoms with E-state index < -0.39 is 0 Å². The van der Waals surface area contributed by atoms with Gasteiger partial charge in [-0.2, -0.15) is 0 Å². The van der Waals surface area contributed by atoms with Crippen LogP contribution >= 0.6 is 22.9 Å². The van der Waals surface area contributed by atoms with E-state index in [1.165, 1.54) is 24.0 Å². The third-order valence-electron chi connectivity index (χ3n) is 2.41. The molecule has 1 heterocycles. The molecule has 2 rings (SSSR count). The monoisotopic (exact) mass is 254 g/mol. The minimum absolute atomic E-state index is 0.746. The van der Waals surface area contributed by atoms with Crippen molar-refractivity contribution in [2.75, 3.05) is 11.9 Å². The molecular formula is C12H15ClN2S. The number of thiazole rings is 1. The van der Waals surface area contributed by atoms with Gasteiger partial charge in [-0.05, 0) is 24.6 Å². The molecule has 0 amide bonds. The van der Waals surface area contributed by atoms with Gasteiger partial charge in [-0.3, -0.25) is 0 Å². The summed E-state index contributed by atoms with van der Waals surface area (Å²) in [4.78, 5) is 4.49. The second-order valence-electron chi connectivity index (χ2n) is 3.76. The van der Waals surface area contributed by atoms with Gasteiger partial charge in [-0.15, -0.1) is 0 Å². The molecule has 0 bridgehead atoms. The second-order valence-corrected chi connectivity index (χ2v) is 5.23. The Morgan fingerprint density at radius 2 is 2.25 bits per heavy atom. The molecule has 86 valence electrons. The number of nitrogens with one attached hydrogen (secondary N) is 1. The zero-order valence-electron chi connectivity index (χ0n) is 9.29. The van der Waals surface area contributed by atoms with Crippen molar-refractivity contribution in [2.24, 2.45) is 0 Å². The summed E-state index contributed by atoms with van der Waals surface area (Å²) in [5, 5.41) is 5.09. The number of hydrogen-bond donors (Lipinski definition) is 1. The molecule has 0 aliphatic heterocycles. The highest BCUT2D eigenvalue weighted by molar-refractivity contribution is 7.22. The first-order chi connectivity index (χ1) is 7.79. The van der Waals surface area contributed by atoms with Crippen molar-refractivity contribution in [1.29, 1.82) is 0 Å². The molecule has 0 unspecified atom stereocenters. The summed E-state index contributed by atoms with van der Waals surface area (Å²) >= 11 is 7.60. The number of fused-ring (bicyclic) bond motifs is 1. The zero-order valence-corrected chi connectivity index (χ0v) is 10.9. The Labute approximate surface area is 105 Å². The first-order valence-corrected chi connectivity index (χ1v) is 6.79. The van der Waals surface area contributed by atoms with Gasteiger partial charge >= 0.3 is 0 Å². The van der Waals surface area contributed by atoms with Crippen LogP contribution in [-0.4, -0.2) is 11.5 Å². The van der Waals surface area contributed by atoms with E-state index in [0.717, 1.165) is 22.2 Å². The highest BCUT2D eigenvalue weighted by Crippen LogP contribution is 2.27. The van der Waals surface area contributed by atoms with E-state index in [4.69, 9.17) is 11.6 Å². The van der Waals surface area contributed by atoms with Crippen molar-refractivity contribution >= 4 is 38.3 Å². The summed E-state index contributed by atoms with van der Waals surface area (Å²) in [6.07, 6.45) is 3.72. The van der Waals surface area contributed by atoms with E-state index in [9.17, 15) is 0 Å². The average Bonchev–Trinajstić information content (AvgIpc) is 2.66. The number of aromatic nitrogens is 1. The molecule has 0 aliphatic carbocycles. The summed E-state index contributed by atoms with van der Waals surface area (Å²) in [7, 11) is 0. The average molecular weight is 255 g/mol. The normalized spacial score (nSPS) is 10.9. The lowest BCUT2D eigenvalue weighted by Crippen LogP contribution is -2.00. The first kappa shape index (κ1) is 11.7. The zero-order chi connectivity index (χ0) is 11.4. The maximum Gasteiger partial charge on any atom is 0.183 e. The van der Waals surface area contributed by atoms with Crippen LogP contribution in [0.3, 0.4) is 0 Å². The van der Waals surface area contributed by atoms with Crippen molar-refractivity contribution in [3.63, 3.8) is 0 Å². The number of hydrogen-bond acceptors (Lipinski definition) is 3. The number of rotatable bonds is 5. The van der Waals surface area contributed by atoms with Crippen LogP contribution in [-0.2, 0) is 0 Å². The van der Waals surface area contributed by atoms with Gasteiger partial charge in [-0.25, -0.2) is 4.98 Å². The Morgan fingerprint density at radius 1 is 1.38 bits per heavy atom. The lowest BCUT2D eigenvalue weighted by Gasteiger charge is -1.99. The Kier molecular flexibility index (Phi) is 4.02. The molecule has 2 nitrogen and oxygen atoms in total. The molecule has 0 atom stereocenters. The molecule has 1 aromatic heterocycles. The molecule has 1 N–H and O–H groups in total.